The van der Waals surface area contributed by atoms with Crippen molar-refractivity contribution in [3.05, 3.63) is 29.3 Å². The Labute approximate surface area is 90.7 Å². The molecule has 0 amide bonds. The number of benzene rings is 1. The second-order valence-corrected chi connectivity index (χ2v) is 3.29. The van der Waals surface area contributed by atoms with Crippen LogP contribution in [-0.4, -0.2) is 19.7 Å². The third-order valence-electron chi connectivity index (χ3n) is 2.12. The van der Waals surface area contributed by atoms with Crippen LogP contribution in [0.25, 0.3) is 0 Å². The van der Waals surface area contributed by atoms with Gasteiger partial charge >= 0.3 is 0 Å². The van der Waals surface area contributed by atoms with E-state index in [2.05, 4.69) is 18.3 Å². The second kappa shape index (κ2) is 6.05. The van der Waals surface area contributed by atoms with Gasteiger partial charge in [0, 0.05) is 6.54 Å². The molecule has 0 aromatic heterocycles. The van der Waals surface area contributed by atoms with Crippen LogP contribution in [0.5, 0.6) is 5.75 Å². The molecule has 0 atom stereocenters. The first-order valence-corrected chi connectivity index (χ1v) is 5.12. The van der Waals surface area contributed by atoms with Crippen molar-refractivity contribution in [3.63, 3.8) is 0 Å². The summed E-state index contributed by atoms with van der Waals surface area (Å²) in [5.41, 5.74) is 1.66. The molecule has 1 rings (SSSR count). The first kappa shape index (κ1) is 11.5. The number of likely N-dealkylation sites (N-methyl/N-ethyl adjacent to an activating group) is 1. The fourth-order valence-electron chi connectivity index (χ4n) is 1.27. The van der Waals surface area contributed by atoms with E-state index in [4.69, 9.17) is 10.00 Å². The molecule has 0 radical (unpaired) electrons. The zero-order valence-electron chi connectivity index (χ0n) is 9.21. The normalized spacial score (nSPS) is 9.67. The van der Waals surface area contributed by atoms with Crippen LogP contribution < -0.4 is 10.1 Å². The van der Waals surface area contributed by atoms with Gasteiger partial charge in [-0.15, -0.1) is 0 Å². The predicted octanol–water partition coefficient (Wildman–Crippen LogP) is 1.85. The van der Waals surface area contributed by atoms with Crippen LogP contribution in [0.3, 0.4) is 0 Å². The maximum absolute atomic E-state index is 8.75. The first-order chi connectivity index (χ1) is 7.27. The Hall–Kier alpha value is -1.53. The quantitative estimate of drug-likeness (QED) is 0.744. The first-order valence-electron chi connectivity index (χ1n) is 5.12. The largest absolute Gasteiger partial charge is 0.492 e. The summed E-state index contributed by atoms with van der Waals surface area (Å²) in [7, 11) is 0. The molecule has 3 heteroatoms. The fourth-order valence-corrected chi connectivity index (χ4v) is 1.27. The van der Waals surface area contributed by atoms with Crippen molar-refractivity contribution in [2.24, 2.45) is 0 Å². The Morgan fingerprint density at radius 3 is 2.87 bits per heavy atom. The summed E-state index contributed by atoms with van der Waals surface area (Å²) in [6, 6.07) is 7.64. The van der Waals surface area contributed by atoms with E-state index >= 15 is 0 Å². The van der Waals surface area contributed by atoms with Gasteiger partial charge in [0.2, 0.25) is 0 Å². The van der Waals surface area contributed by atoms with Crippen molar-refractivity contribution >= 4 is 0 Å². The molecule has 1 aromatic rings. The van der Waals surface area contributed by atoms with Gasteiger partial charge in [-0.1, -0.05) is 6.92 Å². The smallest absolute Gasteiger partial charge is 0.119 e. The van der Waals surface area contributed by atoms with Crippen LogP contribution in [0.4, 0.5) is 0 Å². The third-order valence-corrected chi connectivity index (χ3v) is 2.12. The van der Waals surface area contributed by atoms with Crippen molar-refractivity contribution in [2.45, 2.75) is 13.8 Å². The molecule has 1 aromatic carbocycles. The molecule has 15 heavy (non-hydrogen) atoms. The van der Waals surface area contributed by atoms with Gasteiger partial charge in [-0.3, -0.25) is 0 Å². The molecule has 0 unspecified atom stereocenters. The van der Waals surface area contributed by atoms with Crippen LogP contribution >= 0.6 is 0 Å². The van der Waals surface area contributed by atoms with Crippen molar-refractivity contribution in [1.29, 1.82) is 5.26 Å². The summed E-state index contributed by atoms with van der Waals surface area (Å²) in [6.07, 6.45) is 0. The van der Waals surface area contributed by atoms with Gasteiger partial charge in [0.1, 0.15) is 12.4 Å². The summed E-state index contributed by atoms with van der Waals surface area (Å²) >= 11 is 0. The van der Waals surface area contributed by atoms with Crippen molar-refractivity contribution < 1.29 is 4.74 Å². The fraction of sp³-hybridized carbons (Fsp3) is 0.417. The standard InChI is InChI=1S/C12H16N2O/c1-3-14-6-7-15-12-5-4-11(9-13)10(2)8-12/h4-5,8,14H,3,6-7H2,1-2H3. The molecular formula is C12H16N2O. The average molecular weight is 204 g/mol. The summed E-state index contributed by atoms with van der Waals surface area (Å²) in [5, 5.41) is 11.9. The number of aryl methyl sites for hydroxylation is 1. The van der Waals surface area contributed by atoms with Gasteiger partial charge in [-0.05, 0) is 37.2 Å². The number of ether oxygens (including phenoxy) is 1. The van der Waals surface area contributed by atoms with Crippen molar-refractivity contribution in [3.8, 4) is 11.8 Å². The highest BCUT2D eigenvalue weighted by atomic mass is 16.5. The molecule has 0 saturated heterocycles. The lowest BCUT2D eigenvalue weighted by Crippen LogP contribution is -2.20. The Morgan fingerprint density at radius 1 is 1.47 bits per heavy atom. The van der Waals surface area contributed by atoms with Gasteiger partial charge in [0.25, 0.3) is 0 Å². The van der Waals surface area contributed by atoms with Crippen LogP contribution in [0.2, 0.25) is 0 Å². The van der Waals surface area contributed by atoms with E-state index in [0.717, 1.165) is 24.4 Å². The van der Waals surface area contributed by atoms with E-state index in [-0.39, 0.29) is 0 Å². The van der Waals surface area contributed by atoms with Gasteiger partial charge in [0.05, 0.1) is 11.6 Å². The Balaban J connectivity index is 2.49. The van der Waals surface area contributed by atoms with E-state index in [0.29, 0.717) is 12.2 Å². The Kier molecular flexibility index (Phi) is 4.65. The highest BCUT2D eigenvalue weighted by Gasteiger charge is 1.99. The molecule has 0 heterocycles. The lowest BCUT2D eigenvalue weighted by molar-refractivity contribution is 0.315. The van der Waals surface area contributed by atoms with Gasteiger partial charge in [0.15, 0.2) is 0 Å². The summed E-state index contributed by atoms with van der Waals surface area (Å²) in [6.45, 7) is 6.42. The molecule has 1 N–H and O–H groups in total. The van der Waals surface area contributed by atoms with Gasteiger partial charge < -0.3 is 10.1 Å². The minimum atomic E-state index is 0.652. The topological polar surface area (TPSA) is 45.0 Å². The van der Waals surface area contributed by atoms with Crippen LogP contribution in [0.1, 0.15) is 18.1 Å². The number of nitrogens with zero attached hydrogens (tertiary/aromatic N) is 1. The molecule has 0 aliphatic rings. The molecular weight excluding hydrogens is 188 g/mol. The van der Waals surface area contributed by atoms with Crippen molar-refractivity contribution in [2.75, 3.05) is 19.7 Å². The van der Waals surface area contributed by atoms with Gasteiger partial charge in [-0.25, -0.2) is 0 Å². The number of rotatable bonds is 5. The second-order valence-electron chi connectivity index (χ2n) is 3.29. The van der Waals surface area contributed by atoms with E-state index in [9.17, 15) is 0 Å². The molecule has 3 nitrogen and oxygen atoms in total. The van der Waals surface area contributed by atoms with Gasteiger partial charge in [-0.2, -0.15) is 5.26 Å². The highest BCUT2D eigenvalue weighted by Crippen LogP contribution is 2.16. The van der Waals surface area contributed by atoms with Crippen LogP contribution in [0, 0.1) is 18.3 Å². The maximum atomic E-state index is 8.75. The van der Waals surface area contributed by atoms with E-state index < -0.39 is 0 Å². The summed E-state index contributed by atoms with van der Waals surface area (Å²) < 4.78 is 5.52. The molecule has 0 fully saturated rings. The molecule has 0 aliphatic carbocycles. The SMILES string of the molecule is CCNCCOc1ccc(C#N)c(C)c1. The monoisotopic (exact) mass is 204 g/mol. The van der Waals surface area contributed by atoms with E-state index in [1.807, 2.05) is 19.1 Å². The average Bonchev–Trinajstić information content (AvgIpc) is 2.25. The zero-order chi connectivity index (χ0) is 11.1. The molecule has 0 saturated carbocycles. The lowest BCUT2D eigenvalue weighted by atomic mass is 10.1. The molecule has 0 bridgehead atoms. The number of nitrogens with one attached hydrogen (secondary N) is 1. The maximum Gasteiger partial charge on any atom is 0.119 e. The number of hydrogen-bond acceptors (Lipinski definition) is 3. The third kappa shape index (κ3) is 3.61. The Bertz CT molecular complexity index is 355. The zero-order valence-corrected chi connectivity index (χ0v) is 9.21. The minimum Gasteiger partial charge on any atom is -0.492 e. The number of nitriles is 1. The minimum absolute atomic E-state index is 0.652. The van der Waals surface area contributed by atoms with E-state index in [1.54, 1.807) is 6.07 Å². The summed E-state index contributed by atoms with van der Waals surface area (Å²) in [5.74, 6) is 0.824. The van der Waals surface area contributed by atoms with E-state index in [1.165, 1.54) is 0 Å². The van der Waals surface area contributed by atoms with Crippen molar-refractivity contribution in [1.82, 2.24) is 5.32 Å². The predicted molar refractivity (Wildman–Crippen MR) is 59.9 cm³/mol. The summed E-state index contributed by atoms with van der Waals surface area (Å²) in [4.78, 5) is 0. The molecule has 80 valence electrons. The number of hydrogen-bond donors (Lipinski definition) is 1. The lowest BCUT2D eigenvalue weighted by Gasteiger charge is -2.07. The van der Waals surface area contributed by atoms with Crippen LogP contribution in [-0.2, 0) is 0 Å². The highest BCUT2D eigenvalue weighted by molar-refractivity contribution is 5.41. The Morgan fingerprint density at radius 2 is 2.27 bits per heavy atom. The molecule has 0 aliphatic heterocycles. The van der Waals surface area contributed by atoms with Crippen LogP contribution in [0.15, 0.2) is 18.2 Å². The molecule has 0 spiro atoms.